The molecule has 6 rings (SSSR count). The molecule has 9 heteroatoms. The van der Waals surface area contributed by atoms with E-state index in [1.54, 1.807) is 0 Å². The molecule has 0 spiro atoms. The SMILES string of the molecule is CN1CC(O)[C@@H](n2c(NC(N)=O)nc3cc(/C=C4\c5ccccc5COC5C=C(F)C=CC45)ccc32)C1. The molecule has 3 aliphatic rings. The molecule has 4 atom stereocenters. The Morgan fingerprint density at radius 2 is 2.11 bits per heavy atom. The van der Waals surface area contributed by atoms with Crippen molar-refractivity contribution in [3.8, 4) is 0 Å². The van der Waals surface area contributed by atoms with Crippen molar-refractivity contribution in [2.45, 2.75) is 24.9 Å². The number of likely N-dealkylation sites (N-methyl/N-ethyl adjacent to an activating group) is 1. The quantitative estimate of drug-likeness (QED) is 0.506. The predicted octanol–water partition coefficient (Wildman–Crippen LogP) is 3.85. The number of carbonyl (C=O) groups excluding carboxylic acids is 1. The van der Waals surface area contributed by atoms with Gasteiger partial charge in [-0.25, -0.2) is 14.2 Å². The second kappa shape index (κ2) is 9.26. The van der Waals surface area contributed by atoms with Gasteiger partial charge in [0.2, 0.25) is 5.95 Å². The fourth-order valence-corrected chi connectivity index (χ4v) is 5.65. The number of benzene rings is 2. The highest BCUT2D eigenvalue weighted by atomic mass is 19.1. The van der Waals surface area contributed by atoms with Gasteiger partial charge in [-0.2, -0.15) is 0 Å². The summed E-state index contributed by atoms with van der Waals surface area (Å²) in [5.41, 5.74) is 10.9. The molecule has 37 heavy (non-hydrogen) atoms. The summed E-state index contributed by atoms with van der Waals surface area (Å²) in [4.78, 5) is 18.4. The maximum Gasteiger partial charge on any atom is 0.318 e. The lowest BCUT2D eigenvalue weighted by molar-refractivity contribution is 0.0600. The van der Waals surface area contributed by atoms with Crippen LogP contribution in [-0.2, 0) is 11.3 Å². The number of hydrogen-bond acceptors (Lipinski definition) is 5. The van der Waals surface area contributed by atoms with E-state index >= 15 is 0 Å². The third-order valence-corrected chi connectivity index (χ3v) is 7.30. The van der Waals surface area contributed by atoms with Gasteiger partial charge in [0.25, 0.3) is 0 Å². The number of urea groups is 1. The summed E-state index contributed by atoms with van der Waals surface area (Å²) < 4.78 is 22.0. The smallest absolute Gasteiger partial charge is 0.318 e. The van der Waals surface area contributed by atoms with Crippen molar-refractivity contribution in [1.82, 2.24) is 14.5 Å². The van der Waals surface area contributed by atoms with Crippen LogP contribution < -0.4 is 11.1 Å². The van der Waals surface area contributed by atoms with Gasteiger partial charge in [-0.15, -0.1) is 0 Å². The van der Waals surface area contributed by atoms with Crippen molar-refractivity contribution in [2.75, 3.05) is 25.5 Å². The average molecular weight is 502 g/mol. The van der Waals surface area contributed by atoms with Gasteiger partial charge in [0.15, 0.2) is 0 Å². The highest BCUT2D eigenvalue weighted by molar-refractivity contribution is 5.92. The number of anilines is 1. The summed E-state index contributed by atoms with van der Waals surface area (Å²) in [6.45, 7) is 1.54. The standard InChI is InChI=1S/C28H28FN5O3/c1-33-13-24(25(35)14-33)34-23-9-6-16(11-22(23)31-28(34)32-27(30)36)10-21-19-5-3-2-4-17(19)15-37-26-12-18(29)7-8-20(21)26/h2-12,20,24-26,35H,13-15H2,1H3,(H3,30,31,32,36)/b21-10+/t20?,24-,25?,26?/m0/s1. The van der Waals surface area contributed by atoms with E-state index < -0.39 is 18.2 Å². The van der Waals surface area contributed by atoms with Gasteiger partial charge in [0.05, 0.1) is 35.9 Å². The van der Waals surface area contributed by atoms with Gasteiger partial charge in [-0.1, -0.05) is 42.5 Å². The van der Waals surface area contributed by atoms with E-state index in [4.69, 9.17) is 10.5 Å². The van der Waals surface area contributed by atoms with Crippen molar-refractivity contribution >= 4 is 34.7 Å². The maximum atomic E-state index is 14.1. The average Bonchev–Trinajstić information content (AvgIpc) is 3.33. The molecule has 2 aliphatic heterocycles. The Bertz CT molecular complexity index is 1480. The first-order chi connectivity index (χ1) is 17.9. The zero-order valence-corrected chi connectivity index (χ0v) is 20.3. The third kappa shape index (κ3) is 4.35. The second-order valence-corrected chi connectivity index (χ2v) is 9.87. The van der Waals surface area contributed by atoms with E-state index in [2.05, 4.69) is 22.4 Å². The summed E-state index contributed by atoms with van der Waals surface area (Å²) in [7, 11) is 1.94. The van der Waals surface area contributed by atoms with Crippen LogP contribution in [0.25, 0.3) is 22.7 Å². The number of primary amides is 1. The van der Waals surface area contributed by atoms with Crippen LogP contribution in [0.2, 0.25) is 0 Å². The number of imidazole rings is 1. The molecule has 0 bridgehead atoms. The molecule has 1 aliphatic carbocycles. The minimum absolute atomic E-state index is 0.146. The Hall–Kier alpha value is -3.79. The number of fused-ring (bicyclic) bond motifs is 3. The van der Waals surface area contributed by atoms with Crippen molar-refractivity contribution in [3.63, 3.8) is 0 Å². The van der Waals surface area contributed by atoms with Crippen molar-refractivity contribution in [1.29, 1.82) is 0 Å². The number of nitrogens with zero attached hydrogens (tertiary/aromatic N) is 3. The van der Waals surface area contributed by atoms with E-state index in [0.717, 1.165) is 27.8 Å². The van der Waals surface area contributed by atoms with Crippen LogP contribution in [0, 0.1) is 5.92 Å². The number of aliphatic hydroxyl groups is 1. The van der Waals surface area contributed by atoms with E-state index in [-0.39, 0.29) is 17.8 Å². The molecule has 1 fully saturated rings. The van der Waals surface area contributed by atoms with Gasteiger partial charge in [0, 0.05) is 19.0 Å². The lowest BCUT2D eigenvalue weighted by atomic mass is 9.83. The highest BCUT2D eigenvalue weighted by Gasteiger charge is 2.34. The van der Waals surface area contributed by atoms with Crippen LogP contribution >= 0.6 is 0 Å². The zero-order valence-electron chi connectivity index (χ0n) is 20.3. The summed E-state index contributed by atoms with van der Waals surface area (Å²) >= 11 is 0. The molecule has 0 saturated carbocycles. The number of rotatable bonds is 3. The summed E-state index contributed by atoms with van der Waals surface area (Å²) in [5.74, 6) is -0.142. The topological polar surface area (TPSA) is 106 Å². The minimum Gasteiger partial charge on any atom is -0.390 e. The Morgan fingerprint density at radius 3 is 2.89 bits per heavy atom. The van der Waals surface area contributed by atoms with Crippen LogP contribution in [0.3, 0.4) is 0 Å². The Kier molecular flexibility index (Phi) is 5.91. The molecule has 1 aromatic heterocycles. The normalized spacial score (nSPS) is 26.6. The van der Waals surface area contributed by atoms with Gasteiger partial charge < -0.3 is 25.0 Å². The van der Waals surface area contributed by atoms with Gasteiger partial charge in [0.1, 0.15) is 5.83 Å². The Morgan fingerprint density at radius 1 is 1.27 bits per heavy atom. The molecule has 8 nitrogen and oxygen atoms in total. The first-order valence-corrected chi connectivity index (χ1v) is 12.3. The van der Waals surface area contributed by atoms with Crippen LogP contribution in [0.15, 0.2) is 66.5 Å². The number of allylic oxidation sites excluding steroid dienone is 2. The molecular weight excluding hydrogens is 473 g/mol. The number of likely N-dealkylation sites (tertiary alicyclic amines) is 1. The molecule has 2 amide bonds. The van der Waals surface area contributed by atoms with Gasteiger partial charge >= 0.3 is 6.03 Å². The number of aromatic nitrogens is 2. The summed E-state index contributed by atoms with van der Waals surface area (Å²) in [6, 6.07) is 12.9. The highest BCUT2D eigenvalue weighted by Crippen LogP contribution is 2.40. The van der Waals surface area contributed by atoms with Crippen molar-refractivity contribution in [2.24, 2.45) is 11.7 Å². The summed E-state index contributed by atoms with van der Waals surface area (Å²) in [6.07, 6.45) is 5.95. The molecule has 190 valence electrons. The fraction of sp³-hybridized carbons (Fsp3) is 0.286. The number of β-amino-alcohol motifs (C(OH)–C–C–N with tert-alkyl or cyclic N) is 1. The van der Waals surface area contributed by atoms with Crippen LogP contribution in [0.5, 0.6) is 0 Å². The molecule has 3 unspecified atom stereocenters. The molecule has 2 aromatic carbocycles. The third-order valence-electron chi connectivity index (χ3n) is 7.30. The first kappa shape index (κ1) is 23.6. The lowest BCUT2D eigenvalue weighted by Crippen LogP contribution is -2.27. The predicted molar refractivity (Wildman–Crippen MR) is 140 cm³/mol. The number of nitrogens with one attached hydrogen (secondary N) is 1. The number of carbonyl (C=O) groups is 1. The zero-order chi connectivity index (χ0) is 25.7. The van der Waals surface area contributed by atoms with E-state index in [1.807, 2.05) is 59.0 Å². The van der Waals surface area contributed by atoms with E-state index in [1.165, 1.54) is 12.2 Å². The van der Waals surface area contributed by atoms with Gasteiger partial charge in [-0.05, 0) is 53.6 Å². The number of ether oxygens (including phenoxy) is 1. The van der Waals surface area contributed by atoms with E-state index in [0.29, 0.717) is 31.2 Å². The van der Waals surface area contributed by atoms with Crippen molar-refractivity contribution in [3.05, 3.63) is 83.2 Å². The van der Waals surface area contributed by atoms with Crippen LogP contribution in [0.1, 0.15) is 22.7 Å². The molecule has 3 aromatic rings. The number of halogens is 1. The molecule has 1 saturated heterocycles. The maximum absolute atomic E-state index is 14.1. The number of aliphatic hydroxyl groups excluding tert-OH is 1. The number of nitrogens with two attached hydrogens (primary N) is 1. The Balaban J connectivity index is 1.47. The number of amides is 2. The molecule has 4 N–H and O–H groups in total. The minimum atomic E-state index is -0.717. The monoisotopic (exact) mass is 501 g/mol. The van der Waals surface area contributed by atoms with Crippen LogP contribution in [-0.4, -0.2) is 57.9 Å². The fourth-order valence-electron chi connectivity index (χ4n) is 5.65. The lowest BCUT2D eigenvalue weighted by Gasteiger charge is -2.24. The second-order valence-electron chi connectivity index (χ2n) is 9.87. The summed E-state index contributed by atoms with van der Waals surface area (Å²) in [5, 5.41) is 13.3. The molecular formula is C28H28FN5O3. The Labute approximate surface area is 213 Å². The molecule has 0 radical (unpaired) electrons. The largest absolute Gasteiger partial charge is 0.390 e. The van der Waals surface area contributed by atoms with Crippen LogP contribution in [0.4, 0.5) is 15.1 Å². The number of hydrogen-bond donors (Lipinski definition) is 3. The van der Waals surface area contributed by atoms with Crippen molar-refractivity contribution < 1.29 is 19.0 Å². The first-order valence-electron chi connectivity index (χ1n) is 12.3. The van der Waals surface area contributed by atoms with Gasteiger partial charge in [-0.3, -0.25) is 5.32 Å². The molecule has 3 heterocycles. The van der Waals surface area contributed by atoms with E-state index in [9.17, 15) is 14.3 Å².